The van der Waals surface area contributed by atoms with Gasteiger partial charge in [-0.2, -0.15) is 0 Å². The van der Waals surface area contributed by atoms with Gasteiger partial charge in [0.1, 0.15) is 6.61 Å². The molecule has 8 heavy (non-hydrogen) atoms. The lowest BCUT2D eigenvalue weighted by Gasteiger charge is -2.01. The zero-order valence-corrected chi connectivity index (χ0v) is 3.90. The van der Waals surface area contributed by atoms with Crippen LogP contribution in [0, 0.1) is 6.61 Å². The number of halogens is 3. The Morgan fingerprint density at radius 2 is 1.88 bits per heavy atom. The largest absolute Gasteiger partial charge is 0.523 e. The number of rotatable bonds is 2. The van der Waals surface area contributed by atoms with Gasteiger partial charge in [-0.1, -0.05) is 6.08 Å². The van der Waals surface area contributed by atoms with Crippen molar-refractivity contribution in [3.05, 3.63) is 19.3 Å². The normalized spacial score (nSPS) is 11.4. The molecule has 0 saturated heterocycles. The Balaban J connectivity index is 3.24. The molecular weight excluding hydrogens is 123 g/mol. The van der Waals surface area contributed by atoms with Crippen molar-refractivity contribution in [2.45, 2.75) is 6.36 Å². The summed E-state index contributed by atoms with van der Waals surface area (Å²) in [7, 11) is 0. The van der Waals surface area contributed by atoms with Gasteiger partial charge in [0.05, 0.1) is 0 Å². The maximum Gasteiger partial charge on any atom is 0.523 e. The fraction of sp³-hybridized carbons (Fsp3) is 0.250. The first-order chi connectivity index (χ1) is 3.56. The first kappa shape index (κ1) is 7.49. The van der Waals surface area contributed by atoms with Crippen LogP contribution >= 0.6 is 0 Å². The second-order valence-corrected chi connectivity index (χ2v) is 0.935. The third kappa shape index (κ3) is 5.49. The van der Waals surface area contributed by atoms with Crippen molar-refractivity contribution in [2.75, 3.05) is 0 Å². The van der Waals surface area contributed by atoms with Crippen molar-refractivity contribution in [1.29, 1.82) is 0 Å². The number of hydrogen-bond donors (Lipinski definition) is 0. The van der Waals surface area contributed by atoms with E-state index in [2.05, 4.69) is 11.3 Å². The van der Waals surface area contributed by atoms with Crippen molar-refractivity contribution >= 4 is 0 Å². The molecule has 0 aromatic rings. The van der Waals surface area contributed by atoms with E-state index >= 15 is 0 Å². The Morgan fingerprint density at radius 1 is 1.38 bits per heavy atom. The van der Waals surface area contributed by atoms with Crippen molar-refractivity contribution in [3.8, 4) is 0 Å². The van der Waals surface area contributed by atoms with E-state index in [4.69, 9.17) is 0 Å². The van der Waals surface area contributed by atoms with Gasteiger partial charge in [-0.25, -0.2) is 0 Å². The van der Waals surface area contributed by atoms with Crippen LogP contribution in [0.2, 0.25) is 0 Å². The molecule has 47 valence electrons. The second kappa shape index (κ2) is 2.71. The molecule has 0 heterocycles. The average Bonchev–Trinajstić information content (AvgIpc) is 1.59. The summed E-state index contributed by atoms with van der Waals surface area (Å²) >= 11 is 0. The summed E-state index contributed by atoms with van der Waals surface area (Å²) < 4.78 is 36.0. The Morgan fingerprint density at radius 3 is 2.00 bits per heavy atom. The van der Waals surface area contributed by atoms with E-state index in [1.807, 2.05) is 0 Å². The maximum absolute atomic E-state index is 10.9. The molecule has 0 fully saturated rings. The SMILES string of the molecule is C=C[CH]O[14C](F)(F)F. The summed E-state index contributed by atoms with van der Waals surface area (Å²) in [6, 6.07) is 0. The van der Waals surface area contributed by atoms with E-state index in [0.717, 1.165) is 6.08 Å². The number of alkyl halides is 3. The van der Waals surface area contributed by atoms with Crippen LogP contribution in [0.3, 0.4) is 0 Å². The van der Waals surface area contributed by atoms with Crippen LogP contribution < -0.4 is 0 Å². The van der Waals surface area contributed by atoms with E-state index in [1.165, 1.54) is 0 Å². The van der Waals surface area contributed by atoms with Crippen LogP contribution in [0.5, 0.6) is 0 Å². The van der Waals surface area contributed by atoms with Crippen molar-refractivity contribution in [2.24, 2.45) is 0 Å². The minimum atomic E-state index is -4.58. The van der Waals surface area contributed by atoms with Gasteiger partial charge in [-0.05, 0) is 0 Å². The molecule has 0 saturated carbocycles. The van der Waals surface area contributed by atoms with Crippen LogP contribution in [0.4, 0.5) is 13.2 Å². The average molecular weight is 127 g/mol. The van der Waals surface area contributed by atoms with Gasteiger partial charge in [0, 0.05) is 0 Å². The highest BCUT2D eigenvalue weighted by Crippen LogP contribution is 2.16. The molecule has 0 atom stereocenters. The molecule has 0 bridgehead atoms. The highest BCUT2D eigenvalue weighted by molar-refractivity contribution is 4.77. The van der Waals surface area contributed by atoms with Gasteiger partial charge in [-0.15, -0.1) is 19.8 Å². The summed E-state index contributed by atoms with van der Waals surface area (Å²) in [5.74, 6) is 0. The van der Waals surface area contributed by atoms with Crippen molar-refractivity contribution in [1.82, 2.24) is 0 Å². The van der Waals surface area contributed by atoms with Crippen LogP contribution in [0.15, 0.2) is 12.7 Å². The molecule has 1 nitrogen and oxygen atoms in total. The van der Waals surface area contributed by atoms with E-state index in [9.17, 15) is 13.2 Å². The fourth-order valence-corrected chi connectivity index (χ4v) is 0.125. The summed E-state index contributed by atoms with van der Waals surface area (Å²) in [5, 5.41) is 0. The molecular formula is C4H4F3O. The van der Waals surface area contributed by atoms with Crippen LogP contribution in [0.1, 0.15) is 0 Å². The molecule has 0 spiro atoms. The Bertz CT molecular complexity index is 75.8. The predicted molar refractivity (Wildman–Crippen MR) is 21.6 cm³/mol. The first-order valence-corrected chi connectivity index (χ1v) is 1.75. The quantitative estimate of drug-likeness (QED) is 0.550. The number of ether oxygens (including phenoxy) is 1. The molecule has 0 rings (SSSR count). The molecule has 0 aliphatic carbocycles. The second-order valence-electron chi connectivity index (χ2n) is 0.935. The zero-order chi connectivity index (χ0) is 6.62. The summed E-state index contributed by atoms with van der Waals surface area (Å²) in [6.07, 6.45) is -3.66. The topological polar surface area (TPSA) is 9.23 Å². The lowest BCUT2D eigenvalue weighted by atomic mass is 10.7. The standard InChI is InChI=1S/C4H4F3O/c1-2-3-8-4(5,6)7/h2-3H,1H2/i4+2. The van der Waals surface area contributed by atoms with Crippen LogP contribution in [-0.4, -0.2) is 6.36 Å². The summed E-state index contributed by atoms with van der Waals surface area (Å²) in [5.41, 5.74) is 0. The highest BCUT2D eigenvalue weighted by Gasteiger charge is 2.28. The highest BCUT2D eigenvalue weighted by atomic mass is 19.6. The molecule has 0 aliphatic heterocycles. The Kier molecular flexibility index (Phi) is 2.54. The fourth-order valence-electron chi connectivity index (χ4n) is 0.125. The third-order valence-electron chi connectivity index (χ3n) is 0.298. The van der Waals surface area contributed by atoms with Crippen molar-refractivity contribution in [3.63, 3.8) is 0 Å². The lowest BCUT2D eigenvalue weighted by molar-refractivity contribution is -0.306. The summed E-state index contributed by atoms with van der Waals surface area (Å²) in [6.45, 7) is 3.46. The smallest absolute Gasteiger partial charge is 0.281 e. The molecule has 0 aromatic heterocycles. The number of hydrogen-bond acceptors (Lipinski definition) is 1. The van der Waals surface area contributed by atoms with Gasteiger partial charge in [0.25, 0.3) is 0 Å². The van der Waals surface area contributed by atoms with E-state index in [1.54, 1.807) is 0 Å². The van der Waals surface area contributed by atoms with E-state index < -0.39 is 6.36 Å². The molecule has 1 radical (unpaired) electrons. The molecule has 4 heteroatoms. The monoisotopic (exact) mass is 127 g/mol. The van der Waals surface area contributed by atoms with Gasteiger partial charge in [0.2, 0.25) is 0 Å². The molecule has 0 aliphatic rings. The van der Waals surface area contributed by atoms with E-state index in [-0.39, 0.29) is 0 Å². The molecule has 0 unspecified atom stereocenters. The Labute approximate surface area is 44.8 Å². The zero-order valence-electron chi connectivity index (χ0n) is 3.90. The molecule has 0 aromatic carbocycles. The lowest BCUT2D eigenvalue weighted by Crippen LogP contribution is -2.09. The van der Waals surface area contributed by atoms with Crippen molar-refractivity contribution < 1.29 is 17.9 Å². The maximum atomic E-state index is 10.9. The minimum absolute atomic E-state index is 0.472. The summed E-state index contributed by atoms with van der Waals surface area (Å²) in [4.78, 5) is 0. The van der Waals surface area contributed by atoms with Gasteiger partial charge in [-0.3, -0.25) is 4.74 Å². The van der Waals surface area contributed by atoms with Gasteiger partial charge in [0.15, 0.2) is 0 Å². The first-order valence-electron chi connectivity index (χ1n) is 1.75. The molecule has 0 N–H and O–H groups in total. The third-order valence-corrected chi connectivity index (χ3v) is 0.298. The Hall–Kier alpha value is -0.510. The minimum Gasteiger partial charge on any atom is -0.281 e. The van der Waals surface area contributed by atoms with E-state index in [0.29, 0.717) is 6.61 Å². The molecule has 0 amide bonds. The van der Waals surface area contributed by atoms with Gasteiger partial charge < -0.3 is 0 Å². The predicted octanol–water partition coefficient (Wildman–Crippen LogP) is 1.87. The van der Waals surface area contributed by atoms with Crippen LogP contribution in [0.25, 0.3) is 0 Å². The van der Waals surface area contributed by atoms with Crippen LogP contribution in [-0.2, 0) is 4.74 Å². The van der Waals surface area contributed by atoms with Gasteiger partial charge >= 0.3 is 6.36 Å².